The minimum absolute atomic E-state index is 0. The van der Waals surface area contributed by atoms with Crippen LogP contribution in [0.3, 0.4) is 0 Å². The predicted molar refractivity (Wildman–Crippen MR) is 80.6 cm³/mol. The van der Waals surface area contributed by atoms with Gasteiger partial charge in [0.2, 0.25) is 5.91 Å². The van der Waals surface area contributed by atoms with Gasteiger partial charge in [0.05, 0.1) is 11.6 Å². The molecule has 1 aromatic carbocycles. The lowest BCUT2D eigenvalue weighted by atomic mass is 9.99. The molecule has 0 saturated heterocycles. The first-order valence-electron chi connectivity index (χ1n) is 6.99. The van der Waals surface area contributed by atoms with Crippen molar-refractivity contribution in [3.8, 4) is 0 Å². The SMILES string of the molecule is CC(N)CC(=O)NC(c1cccc(C(F)(F)F)c1)C1CC1.Cl. The summed E-state index contributed by atoms with van der Waals surface area (Å²) in [6, 6.07) is 4.53. The van der Waals surface area contributed by atoms with Gasteiger partial charge in [0.15, 0.2) is 0 Å². The molecule has 3 N–H and O–H groups in total. The fourth-order valence-corrected chi connectivity index (χ4v) is 2.34. The molecule has 0 aromatic heterocycles. The van der Waals surface area contributed by atoms with E-state index in [0.29, 0.717) is 5.56 Å². The number of amides is 1. The molecular weight excluding hydrogens is 317 g/mol. The van der Waals surface area contributed by atoms with Crippen molar-refractivity contribution in [3.63, 3.8) is 0 Å². The van der Waals surface area contributed by atoms with E-state index in [9.17, 15) is 18.0 Å². The monoisotopic (exact) mass is 336 g/mol. The Morgan fingerprint density at radius 1 is 1.41 bits per heavy atom. The van der Waals surface area contributed by atoms with Crippen LogP contribution in [-0.4, -0.2) is 11.9 Å². The molecule has 7 heteroatoms. The van der Waals surface area contributed by atoms with Gasteiger partial charge >= 0.3 is 6.18 Å². The third kappa shape index (κ3) is 5.18. The smallest absolute Gasteiger partial charge is 0.349 e. The fourth-order valence-electron chi connectivity index (χ4n) is 2.34. The summed E-state index contributed by atoms with van der Waals surface area (Å²) in [5, 5.41) is 2.82. The summed E-state index contributed by atoms with van der Waals surface area (Å²) in [5.74, 6) is -0.00942. The van der Waals surface area contributed by atoms with E-state index in [1.54, 1.807) is 13.0 Å². The number of alkyl halides is 3. The summed E-state index contributed by atoms with van der Waals surface area (Å²) in [5.41, 5.74) is 5.39. The van der Waals surface area contributed by atoms with Crippen LogP contribution in [0.25, 0.3) is 0 Å². The Bertz CT molecular complexity index is 516. The molecule has 3 nitrogen and oxygen atoms in total. The summed E-state index contributed by atoms with van der Waals surface area (Å²) in [6.07, 6.45) is -2.37. The van der Waals surface area contributed by atoms with Gasteiger partial charge in [0.1, 0.15) is 0 Å². The highest BCUT2D eigenvalue weighted by Crippen LogP contribution is 2.42. The third-order valence-electron chi connectivity index (χ3n) is 3.49. The highest BCUT2D eigenvalue weighted by Gasteiger charge is 2.36. The zero-order valence-corrected chi connectivity index (χ0v) is 13.0. The van der Waals surface area contributed by atoms with Gasteiger partial charge in [-0.3, -0.25) is 4.79 Å². The number of nitrogens with two attached hydrogens (primary N) is 1. The molecule has 1 aliphatic carbocycles. The summed E-state index contributed by atoms with van der Waals surface area (Å²) in [4.78, 5) is 11.8. The van der Waals surface area contributed by atoms with Gasteiger partial charge in [-0.2, -0.15) is 13.2 Å². The summed E-state index contributed by atoms with van der Waals surface area (Å²) < 4.78 is 38.3. The number of hydrogen-bond acceptors (Lipinski definition) is 2. The van der Waals surface area contributed by atoms with Crippen molar-refractivity contribution in [2.75, 3.05) is 0 Å². The lowest BCUT2D eigenvalue weighted by Crippen LogP contribution is -2.34. The molecule has 1 saturated carbocycles. The van der Waals surface area contributed by atoms with Crippen molar-refractivity contribution in [1.82, 2.24) is 5.32 Å². The zero-order chi connectivity index (χ0) is 15.6. The normalized spacial score (nSPS) is 17.3. The largest absolute Gasteiger partial charge is 0.416 e. The number of hydrogen-bond donors (Lipinski definition) is 2. The molecule has 0 heterocycles. The highest BCUT2D eigenvalue weighted by atomic mass is 35.5. The first-order valence-corrected chi connectivity index (χ1v) is 6.99. The maximum Gasteiger partial charge on any atom is 0.416 e. The van der Waals surface area contributed by atoms with Gasteiger partial charge < -0.3 is 11.1 Å². The molecule has 124 valence electrons. The van der Waals surface area contributed by atoms with E-state index in [1.165, 1.54) is 6.07 Å². The molecular formula is C15H20ClF3N2O. The van der Waals surface area contributed by atoms with Crippen LogP contribution in [0.4, 0.5) is 13.2 Å². The van der Waals surface area contributed by atoms with Crippen LogP contribution in [0.2, 0.25) is 0 Å². The topological polar surface area (TPSA) is 55.1 Å². The molecule has 0 bridgehead atoms. The maximum atomic E-state index is 12.8. The molecule has 1 fully saturated rings. The van der Waals surface area contributed by atoms with Gasteiger partial charge in [0.25, 0.3) is 0 Å². The van der Waals surface area contributed by atoms with Crippen LogP contribution in [0, 0.1) is 5.92 Å². The van der Waals surface area contributed by atoms with Crippen LogP contribution in [0.15, 0.2) is 24.3 Å². The number of carbonyl (C=O) groups excluding carboxylic acids is 1. The zero-order valence-electron chi connectivity index (χ0n) is 12.2. The minimum atomic E-state index is -4.38. The Balaban J connectivity index is 0.00000242. The number of nitrogens with one attached hydrogen (secondary N) is 1. The number of benzene rings is 1. The Morgan fingerprint density at radius 3 is 2.55 bits per heavy atom. The lowest BCUT2D eigenvalue weighted by molar-refractivity contribution is -0.137. The van der Waals surface area contributed by atoms with Crippen molar-refractivity contribution in [2.24, 2.45) is 11.7 Å². The standard InChI is InChI=1S/C15H19F3N2O.ClH/c1-9(19)7-13(21)20-14(10-5-6-10)11-3-2-4-12(8-11)15(16,17)18;/h2-4,8-10,14H,5-7,19H2,1H3,(H,20,21);1H. The van der Waals surface area contributed by atoms with Crippen LogP contribution < -0.4 is 11.1 Å². The maximum absolute atomic E-state index is 12.8. The van der Waals surface area contributed by atoms with Gasteiger partial charge in [-0.05, 0) is 43.4 Å². The van der Waals surface area contributed by atoms with Crippen molar-refractivity contribution in [1.29, 1.82) is 0 Å². The van der Waals surface area contributed by atoms with E-state index in [-0.39, 0.29) is 42.7 Å². The van der Waals surface area contributed by atoms with Crippen LogP contribution in [-0.2, 0) is 11.0 Å². The Kier molecular flexibility index (Phi) is 6.26. The van der Waals surface area contributed by atoms with E-state index in [4.69, 9.17) is 5.73 Å². The van der Waals surface area contributed by atoms with Crippen molar-refractivity contribution < 1.29 is 18.0 Å². The molecule has 1 aromatic rings. The van der Waals surface area contributed by atoms with Gasteiger partial charge in [-0.1, -0.05) is 12.1 Å². The molecule has 2 unspecified atom stereocenters. The molecule has 0 radical (unpaired) electrons. The third-order valence-corrected chi connectivity index (χ3v) is 3.49. The summed E-state index contributed by atoms with van der Waals surface area (Å²) in [7, 11) is 0. The van der Waals surface area contributed by atoms with E-state index in [0.717, 1.165) is 25.0 Å². The summed E-state index contributed by atoms with van der Waals surface area (Å²) >= 11 is 0. The van der Waals surface area contributed by atoms with Crippen LogP contribution >= 0.6 is 12.4 Å². The quantitative estimate of drug-likeness (QED) is 0.865. The molecule has 0 aliphatic heterocycles. The van der Waals surface area contributed by atoms with E-state index in [1.807, 2.05) is 0 Å². The average Bonchev–Trinajstić information content (AvgIpc) is 3.18. The minimum Gasteiger partial charge on any atom is -0.349 e. The second-order valence-corrected chi connectivity index (χ2v) is 5.69. The van der Waals surface area contributed by atoms with E-state index < -0.39 is 11.7 Å². The second kappa shape index (κ2) is 7.33. The van der Waals surface area contributed by atoms with Gasteiger partial charge in [-0.25, -0.2) is 0 Å². The summed E-state index contributed by atoms with van der Waals surface area (Å²) in [6.45, 7) is 1.72. The van der Waals surface area contributed by atoms with Crippen LogP contribution in [0.5, 0.6) is 0 Å². The lowest BCUT2D eigenvalue weighted by Gasteiger charge is -2.20. The van der Waals surface area contributed by atoms with Gasteiger partial charge in [-0.15, -0.1) is 12.4 Å². The molecule has 22 heavy (non-hydrogen) atoms. The molecule has 2 rings (SSSR count). The number of carbonyl (C=O) groups is 1. The second-order valence-electron chi connectivity index (χ2n) is 5.69. The number of halogens is 4. The van der Waals surface area contributed by atoms with Crippen molar-refractivity contribution in [3.05, 3.63) is 35.4 Å². The molecule has 1 aliphatic rings. The molecule has 1 amide bonds. The van der Waals surface area contributed by atoms with Crippen LogP contribution in [0.1, 0.15) is 43.4 Å². The Morgan fingerprint density at radius 2 is 2.05 bits per heavy atom. The van der Waals surface area contributed by atoms with Crippen molar-refractivity contribution in [2.45, 2.75) is 44.4 Å². The first-order chi connectivity index (χ1) is 9.77. The predicted octanol–water partition coefficient (Wildman–Crippen LogP) is 3.43. The Hall–Kier alpha value is -1.27. The fraction of sp³-hybridized carbons (Fsp3) is 0.533. The molecule has 0 spiro atoms. The van der Waals surface area contributed by atoms with E-state index in [2.05, 4.69) is 5.32 Å². The van der Waals surface area contributed by atoms with E-state index >= 15 is 0 Å². The first kappa shape index (κ1) is 18.8. The Labute approximate surface area is 133 Å². The molecule has 2 atom stereocenters. The number of rotatable bonds is 5. The van der Waals surface area contributed by atoms with Gasteiger partial charge in [0, 0.05) is 12.5 Å². The van der Waals surface area contributed by atoms with Crippen molar-refractivity contribution >= 4 is 18.3 Å². The average molecular weight is 337 g/mol. The highest BCUT2D eigenvalue weighted by molar-refractivity contribution is 5.85.